The highest BCUT2D eigenvalue weighted by Crippen LogP contribution is 2.15. The highest BCUT2D eigenvalue weighted by molar-refractivity contribution is 5.28. The van der Waals surface area contributed by atoms with E-state index in [0.717, 1.165) is 43.7 Å². The van der Waals surface area contributed by atoms with Crippen LogP contribution >= 0.6 is 0 Å². The fraction of sp³-hybridized carbons (Fsp3) is 0.450. The van der Waals surface area contributed by atoms with Crippen LogP contribution in [0.25, 0.3) is 0 Å². The van der Waals surface area contributed by atoms with E-state index in [1.54, 1.807) is 0 Å². The molecule has 0 saturated heterocycles. The molecule has 1 heterocycles. The zero-order valence-corrected chi connectivity index (χ0v) is 13.8. The quantitative estimate of drug-likeness (QED) is 0.608. The molecule has 22 heavy (non-hydrogen) atoms. The molecule has 0 unspecified atom stereocenters. The lowest BCUT2D eigenvalue weighted by atomic mass is 10.1. The summed E-state index contributed by atoms with van der Waals surface area (Å²) in [5.41, 5.74) is 3.81. The molecule has 0 saturated carbocycles. The highest BCUT2D eigenvalue weighted by Gasteiger charge is 1.99. The monoisotopic (exact) mass is 297 g/mol. The average Bonchev–Trinajstić information content (AvgIpc) is 2.58. The Morgan fingerprint density at radius 3 is 2.23 bits per heavy atom. The van der Waals surface area contributed by atoms with Crippen LogP contribution in [0.1, 0.15) is 49.9 Å². The molecule has 118 valence electrons. The molecule has 0 fully saturated rings. The third-order valence-electron chi connectivity index (χ3n) is 3.89. The molecule has 0 aliphatic rings. The van der Waals surface area contributed by atoms with Crippen LogP contribution in [0, 0.1) is 0 Å². The minimum atomic E-state index is 0.822. The molecule has 2 rings (SSSR count). The third kappa shape index (κ3) is 5.51. The summed E-state index contributed by atoms with van der Waals surface area (Å²) in [7, 11) is 0. The molecular formula is C20H27NO. The van der Waals surface area contributed by atoms with Crippen molar-refractivity contribution in [3.8, 4) is 5.75 Å². The molecule has 2 aromatic rings. The summed E-state index contributed by atoms with van der Waals surface area (Å²) in [5.74, 6) is 0.980. The minimum absolute atomic E-state index is 0.822. The third-order valence-corrected chi connectivity index (χ3v) is 3.89. The van der Waals surface area contributed by atoms with E-state index in [2.05, 4.69) is 55.2 Å². The van der Waals surface area contributed by atoms with Crippen LogP contribution < -0.4 is 4.74 Å². The van der Waals surface area contributed by atoms with Crippen molar-refractivity contribution in [2.75, 3.05) is 6.61 Å². The first-order valence-electron chi connectivity index (χ1n) is 8.47. The van der Waals surface area contributed by atoms with Crippen LogP contribution in [0.15, 0.2) is 42.6 Å². The van der Waals surface area contributed by atoms with E-state index < -0.39 is 0 Å². The molecule has 0 N–H and O–H groups in total. The van der Waals surface area contributed by atoms with E-state index in [9.17, 15) is 0 Å². The van der Waals surface area contributed by atoms with Gasteiger partial charge in [0.1, 0.15) is 5.75 Å². The maximum absolute atomic E-state index is 5.74. The summed E-state index contributed by atoms with van der Waals surface area (Å²) in [6, 6.07) is 12.8. The molecule has 0 spiro atoms. The van der Waals surface area contributed by atoms with Gasteiger partial charge < -0.3 is 4.74 Å². The van der Waals surface area contributed by atoms with Crippen LogP contribution in [-0.2, 0) is 19.3 Å². The Labute approximate surface area is 134 Å². The normalized spacial score (nSPS) is 10.6. The first kappa shape index (κ1) is 16.5. The van der Waals surface area contributed by atoms with Gasteiger partial charge >= 0.3 is 0 Å². The predicted octanol–water partition coefficient (Wildman–Crippen LogP) is 5.00. The Morgan fingerprint density at radius 1 is 0.864 bits per heavy atom. The second kappa shape index (κ2) is 9.24. The molecule has 2 nitrogen and oxygen atoms in total. The maximum atomic E-state index is 5.74. The summed E-state index contributed by atoms with van der Waals surface area (Å²) in [6.45, 7) is 5.16. The smallest absolute Gasteiger partial charge is 0.119 e. The first-order valence-corrected chi connectivity index (χ1v) is 8.47. The van der Waals surface area contributed by atoms with Crippen LogP contribution in [0.4, 0.5) is 0 Å². The highest BCUT2D eigenvalue weighted by atomic mass is 16.5. The molecule has 0 radical (unpaired) electrons. The average molecular weight is 297 g/mol. The first-order chi connectivity index (χ1) is 10.8. The molecule has 0 atom stereocenters. The van der Waals surface area contributed by atoms with Gasteiger partial charge in [-0.15, -0.1) is 0 Å². The van der Waals surface area contributed by atoms with Crippen molar-refractivity contribution in [3.63, 3.8) is 0 Å². The molecular weight excluding hydrogens is 270 g/mol. The zero-order valence-electron chi connectivity index (χ0n) is 13.8. The molecule has 1 aromatic carbocycles. The van der Waals surface area contributed by atoms with E-state index in [-0.39, 0.29) is 0 Å². The topological polar surface area (TPSA) is 22.1 Å². The van der Waals surface area contributed by atoms with Gasteiger partial charge in [0.05, 0.1) is 6.61 Å². The summed E-state index contributed by atoms with van der Waals surface area (Å²) in [4.78, 5) is 4.45. The van der Waals surface area contributed by atoms with Gasteiger partial charge in [0, 0.05) is 11.9 Å². The number of aromatic nitrogens is 1. The van der Waals surface area contributed by atoms with Crippen molar-refractivity contribution in [1.82, 2.24) is 4.98 Å². The molecule has 0 amide bonds. The summed E-state index contributed by atoms with van der Waals surface area (Å²) in [5, 5.41) is 0. The molecule has 0 bridgehead atoms. The number of aryl methyl sites for hydroxylation is 3. The SMILES string of the molecule is CCCCCOc1ccc(CCc2ccc(CC)nc2)cc1. The summed E-state index contributed by atoms with van der Waals surface area (Å²) < 4.78 is 5.74. The molecule has 0 aliphatic heterocycles. The maximum Gasteiger partial charge on any atom is 0.119 e. The van der Waals surface area contributed by atoms with Gasteiger partial charge in [-0.1, -0.05) is 44.9 Å². The Bertz CT molecular complexity index is 531. The van der Waals surface area contributed by atoms with Gasteiger partial charge in [-0.05, 0) is 55.0 Å². The van der Waals surface area contributed by atoms with Crippen molar-refractivity contribution in [3.05, 3.63) is 59.4 Å². The van der Waals surface area contributed by atoms with Gasteiger partial charge in [0.25, 0.3) is 0 Å². The number of rotatable bonds is 9. The fourth-order valence-electron chi connectivity index (χ4n) is 2.40. The zero-order chi connectivity index (χ0) is 15.6. The predicted molar refractivity (Wildman–Crippen MR) is 92.5 cm³/mol. The van der Waals surface area contributed by atoms with Crippen molar-refractivity contribution < 1.29 is 4.74 Å². The number of benzene rings is 1. The minimum Gasteiger partial charge on any atom is -0.494 e. The van der Waals surface area contributed by atoms with Crippen LogP contribution in [-0.4, -0.2) is 11.6 Å². The molecule has 2 heteroatoms. The Morgan fingerprint density at radius 2 is 1.59 bits per heavy atom. The van der Waals surface area contributed by atoms with E-state index in [1.165, 1.54) is 24.0 Å². The second-order valence-corrected chi connectivity index (χ2v) is 5.71. The molecule has 0 aliphatic carbocycles. The van der Waals surface area contributed by atoms with Gasteiger partial charge in [-0.2, -0.15) is 0 Å². The number of nitrogens with zero attached hydrogens (tertiary/aromatic N) is 1. The van der Waals surface area contributed by atoms with E-state index in [1.807, 2.05) is 6.20 Å². The summed E-state index contributed by atoms with van der Waals surface area (Å²) >= 11 is 0. The number of hydrogen-bond acceptors (Lipinski definition) is 2. The van der Waals surface area contributed by atoms with E-state index in [4.69, 9.17) is 4.74 Å². The van der Waals surface area contributed by atoms with E-state index in [0.29, 0.717) is 0 Å². The van der Waals surface area contributed by atoms with Gasteiger partial charge in [-0.25, -0.2) is 0 Å². The number of hydrogen-bond donors (Lipinski definition) is 0. The second-order valence-electron chi connectivity index (χ2n) is 5.71. The van der Waals surface area contributed by atoms with Crippen molar-refractivity contribution >= 4 is 0 Å². The Hall–Kier alpha value is -1.83. The largest absolute Gasteiger partial charge is 0.494 e. The summed E-state index contributed by atoms with van der Waals surface area (Å²) in [6.07, 6.45) is 8.69. The lowest BCUT2D eigenvalue weighted by molar-refractivity contribution is 0.306. The van der Waals surface area contributed by atoms with Gasteiger partial charge in [0.2, 0.25) is 0 Å². The molecule has 1 aromatic heterocycles. The van der Waals surface area contributed by atoms with Gasteiger partial charge in [0.15, 0.2) is 0 Å². The van der Waals surface area contributed by atoms with Crippen molar-refractivity contribution in [2.45, 2.75) is 52.4 Å². The Kier molecular flexibility index (Phi) is 6.95. The number of unbranched alkanes of at least 4 members (excludes halogenated alkanes) is 2. The van der Waals surface area contributed by atoms with Crippen LogP contribution in [0.3, 0.4) is 0 Å². The van der Waals surface area contributed by atoms with Crippen LogP contribution in [0.2, 0.25) is 0 Å². The fourth-order valence-corrected chi connectivity index (χ4v) is 2.40. The van der Waals surface area contributed by atoms with Crippen molar-refractivity contribution in [1.29, 1.82) is 0 Å². The van der Waals surface area contributed by atoms with E-state index >= 15 is 0 Å². The van der Waals surface area contributed by atoms with Crippen molar-refractivity contribution in [2.24, 2.45) is 0 Å². The Balaban J connectivity index is 1.78. The van der Waals surface area contributed by atoms with Crippen LogP contribution in [0.5, 0.6) is 5.75 Å². The number of ether oxygens (including phenoxy) is 1. The lowest BCUT2D eigenvalue weighted by Crippen LogP contribution is -1.97. The lowest BCUT2D eigenvalue weighted by Gasteiger charge is -2.07. The standard InChI is InChI=1S/C20H27NO/c1-3-5-6-15-22-20-13-10-17(11-14-20)7-8-18-9-12-19(4-2)21-16-18/h9-14,16H,3-8,15H2,1-2H3. The van der Waals surface area contributed by atoms with Gasteiger partial charge in [-0.3, -0.25) is 4.98 Å². The number of pyridine rings is 1.